The van der Waals surface area contributed by atoms with E-state index in [2.05, 4.69) is 4.90 Å². The average molecular weight is 198 g/mol. The van der Waals surface area contributed by atoms with Gasteiger partial charge in [0.25, 0.3) is 0 Å². The van der Waals surface area contributed by atoms with Gasteiger partial charge in [0.2, 0.25) is 0 Å². The van der Waals surface area contributed by atoms with E-state index in [9.17, 15) is 4.79 Å². The Kier molecular flexibility index (Phi) is 4.10. The molecule has 0 bridgehead atoms. The first-order valence-electron chi connectivity index (χ1n) is 4.87. The van der Waals surface area contributed by atoms with Crippen LogP contribution in [0.15, 0.2) is 11.3 Å². The number of nitrogens with two attached hydrogens (primary N) is 1. The normalized spacial score (nSPS) is 20.4. The molecule has 0 aromatic heterocycles. The van der Waals surface area contributed by atoms with Gasteiger partial charge in [0.1, 0.15) is 0 Å². The van der Waals surface area contributed by atoms with Crippen LogP contribution in [-0.4, -0.2) is 43.5 Å². The van der Waals surface area contributed by atoms with Crippen LogP contribution in [0.25, 0.3) is 0 Å². The highest BCUT2D eigenvalue weighted by molar-refractivity contribution is 5.94. The monoisotopic (exact) mass is 198 g/mol. The van der Waals surface area contributed by atoms with E-state index in [4.69, 9.17) is 10.5 Å². The van der Waals surface area contributed by atoms with E-state index < -0.39 is 0 Å². The van der Waals surface area contributed by atoms with Gasteiger partial charge in [-0.15, -0.1) is 0 Å². The lowest BCUT2D eigenvalue weighted by molar-refractivity contribution is -0.114. The molecule has 1 saturated heterocycles. The zero-order chi connectivity index (χ0) is 10.6. The number of ketones is 1. The molecule has 0 amide bonds. The molecule has 0 aromatic rings. The Hall–Kier alpha value is -0.870. The lowest BCUT2D eigenvalue weighted by Gasteiger charge is -2.27. The van der Waals surface area contributed by atoms with E-state index in [0.29, 0.717) is 12.2 Å². The summed E-state index contributed by atoms with van der Waals surface area (Å²) in [6, 6.07) is 0. The van der Waals surface area contributed by atoms with Gasteiger partial charge in [-0.25, -0.2) is 0 Å². The first kappa shape index (κ1) is 11.2. The zero-order valence-electron chi connectivity index (χ0n) is 8.88. The molecule has 1 aliphatic rings. The van der Waals surface area contributed by atoms with Crippen LogP contribution in [-0.2, 0) is 9.53 Å². The summed E-state index contributed by atoms with van der Waals surface area (Å²) >= 11 is 0. The molecule has 0 saturated carbocycles. The number of nitrogens with zero attached hydrogens (tertiary/aromatic N) is 1. The summed E-state index contributed by atoms with van der Waals surface area (Å²) in [6.07, 6.45) is 0. The van der Waals surface area contributed by atoms with Gasteiger partial charge in [-0.2, -0.15) is 0 Å². The SMILES string of the molecule is CC(=O)/C(CN1CCOCC1)=C(\C)N. The second-order valence-electron chi connectivity index (χ2n) is 3.61. The molecule has 0 aromatic carbocycles. The molecular formula is C10H18N2O2. The lowest BCUT2D eigenvalue weighted by atomic mass is 10.1. The number of Topliss-reactive ketones (excluding diaryl/α,β-unsaturated/α-hetero) is 1. The van der Waals surface area contributed by atoms with Gasteiger partial charge in [0.15, 0.2) is 5.78 Å². The van der Waals surface area contributed by atoms with Gasteiger partial charge in [-0.1, -0.05) is 0 Å². The van der Waals surface area contributed by atoms with Crippen LogP contribution in [0.4, 0.5) is 0 Å². The van der Waals surface area contributed by atoms with Crippen LogP contribution in [0, 0.1) is 0 Å². The number of ether oxygens (including phenoxy) is 1. The van der Waals surface area contributed by atoms with Gasteiger partial charge in [-0.3, -0.25) is 9.69 Å². The van der Waals surface area contributed by atoms with E-state index in [-0.39, 0.29) is 5.78 Å². The third-order valence-electron chi connectivity index (χ3n) is 2.39. The molecule has 14 heavy (non-hydrogen) atoms. The predicted molar refractivity (Wildman–Crippen MR) is 54.8 cm³/mol. The van der Waals surface area contributed by atoms with Gasteiger partial charge < -0.3 is 10.5 Å². The number of carbonyl (C=O) groups excluding carboxylic acids is 1. The van der Waals surface area contributed by atoms with Crippen molar-refractivity contribution in [3.05, 3.63) is 11.3 Å². The molecule has 1 fully saturated rings. The number of hydrogen-bond donors (Lipinski definition) is 1. The molecule has 0 spiro atoms. The zero-order valence-corrected chi connectivity index (χ0v) is 8.88. The number of rotatable bonds is 3. The fourth-order valence-corrected chi connectivity index (χ4v) is 1.50. The summed E-state index contributed by atoms with van der Waals surface area (Å²) in [5.41, 5.74) is 7.01. The maximum atomic E-state index is 11.3. The fraction of sp³-hybridized carbons (Fsp3) is 0.700. The molecule has 2 N–H and O–H groups in total. The predicted octanol–water partition coefficient (Wildman–Crippen LogP) is 0.140. The molecule has 1 rings (SSSR count). The Balaban J connectivity index is 2.55. The lowest BCUT2D eigenvalue weighted by Crippen LogP contribution is -2.38. The van der Waals surface area contributed by atoms with Crippen LogP contribution >= 0.6 is 0 Å². The Labute approximate surface area is 84.7 Å². The van der Waals surface area contributed by atoms with Crippen molar-refractivity contribution in [1.82, 2.24) is 4.90 Å². The maximum absolute atomic E-state index is 11.3. The average Bonchev–Trinajstić information content (AvgIpc) is 2.15. The van der Waals surface area contributed by atoms with Crippen molar-refractivity contribution in [2.45, 2.75) is 13.8 Å². The van der Waals surface area contributed by atoms with Gasteiger partial charge in [-0.05, 0) is 13.8 Å². The van der Waals surface area contributed by atoms with Crippen molar-refractivity contribution in [1.29, 1.82) is 0 Å². The van der Waals surface area contributed by atoms with Crippen molar-refractivity contribution < 1.29 is 9.53 Å². The quantitative estimate of drug-likeness (QED) is 0.655. The van der Waals surface area contributed by atoms with Crippen molar-refractivity contribution >= 4 is 5.78 Å². The number of allylic oxidation sites excluding steroid dienone is 1. The summed E-state index contributed by atoms with van der Waals surface area (Å²) in [4.78, 5) is 13.5. The Bertz CT molecular complexity index is 239. The van der Waals surface area contributed by atoms with Gasteiger partial charge in [0, 0.05) is 30.9 Å². The Morgan fingerprint density at radius 3 is 2.36 bits per heavy atom. The maximum Gasteiger partial charge on any atom is 0.158 e. The molecule has 0 atom stereocenters. The summed E-state index contributed by atoms with van der Waals surface area (Å²) < 4.78 is 5.23. The second-order valence-corrected chi connectivity index (χ2v) is 3.61. The molecule has 0 radical (unpaired) electrons. The first-order valence-corrected chi connectivity index (χ1v) is 4.87. The summed E-state index contributed by atoms with van der Waals surface area (Å²) in [7, 11) is 0. The summed E-state index contributed by atoms with van der Waals surface area (Å²) in [5, 5.41) is 0. The van der Waals surface area contributed by atoms with E-state index in [1.807, 2.05) is 0 Å². The van der Waals surface area contributed by atoms with E-state index in [1.165, 1.54) is 0 Å². The van der Waals surface area contributed by atoms with Crippen molar-refractivity contribution in [2.75, 3.05) is 32.8 Å². The van der Waals surface area contributed by atoms with E-state index >= 15 is 0 Å². The third-order valence-corrected chi connectivity index (χ3v) is 2.39. The Morgan fingerprint density at radius 1 is 1.36 bits per heavy atom. The van der Waals surface area contributed by atoms with Crippen molar-refractivity contribution in [3.8, 4) is 0 Å². The fourth-order valence-electron chi connectivity index (χ4n) is 1.50. The minimum Gasteiger partial charge on any atom is -0.402 e. The van der Waals surface area contributed by atoms with E-state index in [0.717, 1.165) is 31.9 Å². The minimum atomic E-state index is 0.0662. The molecule has 1 aliphatic heterocycles. The van der Waals surface area contributed by atoms with Crippen LogP contribution in [0.2, 0.25) is 0 Å². The molecule has 80 valence electrons. The van der Waals surface area contributed by atoms with Crippen LogP contribution in [0.1, 0.15) is 13.8 Å². The number of morpholine rings is 1. The highest BCUT2D eigenvalue weighted by Crippen LogP contribution is 2.06. The third kappa shape index (κ3) is 3.12. The van der Waals surface area contributed by atoms with Crippen molar-refractivity contribution in [2.24, 2.45) is 5.73 Å². The molecule has 0 unspecified atom stereocenters. The molecule has 4 nitrogen and oxygen atoms in total. The largest absolute Gasteiger partial charge is 0.402 e. The van der Waals surface area contributed by atoms with Gasteiger partial charge >= 0.3 is 0 Å². The summed E-state index contributed by atoms with van der Waals surface area (Å²) in [5.74, 6) is 0.0662. The van der Waals surface area contributed by atoms with Gasteiger partial charge in [0.05, 0.1) is 13.2 Å². The van der Waals surface area contributed by atoms with Crippen LogP contribution in [0.5, 0.6) is 0 Å². The molecule has 4 heteroatoms. The second kappa shape index (κ2) is 5.12. The number of carbonyl (C=O) groups is 1. The molecular weight excluding hydrogens is 180 g/mol. The van der Waals surface area contributed by atoms with E-state index in [1.54, 1.807) is 13.8 Å². The molecule has 1 heterocycles. The highest BCUT2D eigenvalue weighted by Gasteiger charge is 2.15. The Morgan fingerprint density at radius 2 is 1.93 bits per heavy atom. The number of hydrogen-bond acceptors (Lipinski definition) is 4. The summed E-state index contributed by atoms with van der Waals surface area (Å²) in [6.45, 7) is 7.24. The van der Waals surface area contributed by atoms with Crippen LogP contribution in [0.3, 0.4) is 0 Å². The van der Waals surface area contributed by atoms with Crippen molar-refractivity contribution in [3.63, 3.8) is 0 Å². The van der Waals surface area contributed by atoms with Crippen LogP contribution < -0.4 is 5.73 Å². The molecule has 0 aliphatic carbocycles. The topological polar surface area (TPSA) is 55.6 Å². The first-order chi connectivity index (χ1) is 6.61. The standard InChI is InChI=1S/C10H18N2O2/c1-8(11)10(9(2)13)7-12-3-5-14-6-4-12/h3-7,11H2,1-2H3/b10-8+. The smallest absolute Gasteiger partial charge is 0.158 e. The highest BCUT2D eigenvalue weighted by atomic mass is 16.5. The minimum absolute atomic E-state index is 0.0662.